The molecule has 0 radical (unpaired) electrons. The number of nitrogens with one attached hydrogen (secondary N) is 3. The lowest BCUT2D eigenvalue weighted by molar-refractivity contribution is -0.120. The van der Waals surface area contributed by atoms with Crippen LogP contribution in [0.1, 0.15) is 20.3 Å². The molecule has 0 bridgehead atoms. The normalized spacial score (nSPS) is 10.5. The molecule has 0 spiro atoms. The predicted molar refractivity (Wildman–Crippen MR) is 84.6 cm³/mol. The Kier molecular flexibility index (Phi) is 15.9. The summed E-state index contributed by atoms with van der Waals surface area (Å²) in [4.78, 5) is 15.3. The predicted octanol–water partition coefficient (Wildman–Crippen LogP) is 0.332. The lowest BCUT2D eigenvalue weighted by atomic mass is 10.4. The van der Waals surface area contributed by atoms with Crippen LogP contribution in [0.2, 0.25) is 0 Å². The highest BCUT2D eigenvalue weighted by Crippen LogP contribution is 1.74. The van der Waals surface area contributed by atoms with Gasteiger partial charge < -0.3 is 20.7 Å². The Bertz CT molecular complexity index is 237. The number of aliphatic imine (C=N–C) groups is 1. The number of nitrogens with zero attached hydrogens (tertiary/aromatic N) is 1. The van der Waals surface area contributed by atoms with E-state index >= 15 is 0 Å². The summed E-state index contributed by atoms with van der Waals surface area (Å²) in [6.45, 7) is 6.90. The third-order valence-corrected chi connectivity index (χ3v) is 1.96. The van der Waals surface area contributed by atoms with Gasteiger partial charge in [-0.25, -0.2) is 0 Å². The van der Waals surface area contributed by atoms with Crippen LogP contribution in [0, 0.1) is 0 Å². The molecule has 0 aromatic rings. The van der Waals surface area contributed by atoms with Crippen molar-refractivity contribution in [3.63, 3.8) is 0 Å². The minimum Gasteiger partial charge on any atom is -0.380 e. The third-order valence-electron chi connectivity index (χ3n) is 1.96. The Hall–Kier alpha value is -0.570. The van der Waals surface area contributed by atoms with E-state index in [-0.39, 0.29) is 36.4 Å². The standard InChI is InChI=1S/C11H24N4O2.HI/c1-4-6-13-10(16)9-15-11(12-3)14-7-8-17-5-2;/h4-9H2,1-3H3,(H,13,16)(H2,12,14,15);1H. The molecule has 0 aromatic heterocycles. The van der Waals surface area contributed by atoms with Crippen molar-refractivity contribution in [2.75, 3.05) is 39.9 Å². The van der Waals surface area contributed by atoms with E-state index in [1.165, 1.54) is 0 Å². The summed E-state index contributed by atoms with van der Waals surface area (Å²) in [6.07, 6.45) is 0.938. The maximum absolute atomic E-state index is 11.3. The molecule has 6 nitrogen and oxygen atoms in total. The van der Waals surface area contributed by atoms with Gasteiger partial charge in [0.2, 0.25) is 5.91 Å². The number of rotatable bonds is 8. The van der Waals surface area contributed by atoms with E-state index < -0.39 is 0 Å². The summed E-state index contributed by atoms with van der Waals surface area (Å²) in [5.74, 6) is 0.580. The van der Waals surface area contributed by atoms with Crippen LogP contribution in [0.5, 0.6) is 0 Å². The van der Waals surface area contributed by atoms with Crippen molar-refractivity contribution in [1.29, 1.82) is 0 Å². The molecule has 0 saturated heterocycles. The van der Waals surface area contributed by atoms with E-state index in [1.54, 1.807) is 7.05 Å². The summed E-state index contributed by atoms with van der Waals surface area (Å²) in [5, 5.41) is 8.76. The zero-order chi connectivity index (χ0) is 12.9. The number of halogens is 1. The number of carbonyl (C=O) groups is 1. The SMILES string of the molecule is CCCNC(=O)CNC(=NC)NCCOCC.I. The molecule has 18 heavy (non-hydrogen) atoms. The van der Waals surface area contributed by atoms with Crippen molar-refractivity contribution in [3.05, 3.63) is 0 Å². The molecule has 0 unspecified atom stereocenters. The highest BCUT2D eigenvalue weighted by Gasteiger charge is 2.01. The molecule has 1 amide bonds. The quantitative estimate of drug-likeness (QED) is 0.249. The molecule has 0 aromatic carbocycles. The van der Waals surface area contributed by atoms with Crippen molar-refractivity contribution in [2.45, 2.75) is 20.3 Å². The van der Waals surface area contributed by atoms with E-state index in [9.17, 15) is 4.79 Å². The van der Waals surface area contributed by atoms with Gasteiger partial charge in [0.25, 0.3) is 0 Å². The number of hydrogen-bond acceptors (Lipinski definition) is 3. The molecular formula is C11H25IN4O2. The molecule has 0 saturated carbocycles. The van der Waals surface area contributed by atoms with E-state index in [0.29, 0.717) is 32.3 Å². The van der Waals surface area contributed by atoms with Gasteiger partial charge in [0.15, 0.2) is 5.96 Å². The number of hydrogen-bond donors (Lipinski definition) is 3. The van der Waals surface area contributed by atoms with Crippen molar-refractivity contribution in [1.82, 2.24) is 16.0 Å². The van der Waals surface area contributed by atoms with Gasteiger partial charge in [0, 0.05) is 26.7 Å². The van der Waals surface area contributed by atoms with Crippen LogP contribution in [-0.2, 0) is 9.53 Å². The van der Waals surface area contributed by atoms with Crippen LogP contribution in [0.4, 0.5) is 0 Å². The Balaban J connectivity index is 0. The van der Waals surface area contributed by atoms with Crippen molar-refractivity contribution in [2.24, 2.45) is 4.99 Å². The lowest BCUT2D eigenvalue weighted by Crippen LogP contribution is -2.44. The van der Waals surface area contributed by atoms with Crippen LogP contribution < -0.4 is 16.0 Å². The minimum absolute atomic E-state index is 0. The largest absolute Gasteiger partial charge is 0.380 e. The van der Waals surface area contributed by atoms with Gasteiger partial charge in [-0.3, -0.25) is 9.79 Å². The monoisotopic (exact) mass is 372 g/mol. The zero-order valence-electron chi connectivity index (χ0n) is 11.4. The van der Waals surface area contributed by atoms with Gasteiger partial charge in [0.1, 0.15) is 0 Å². The fourth-order valence-corrected chi connectivity index (χ4v) is 1.10. The van der Waals surface area contributed by atoms with E-state index in [4.69, 9.17) is 4.74 Å². The first kappa shape index (κ1) is 19.8. The molecule has 0 rings (SSSR count). The van der Waals surface area contributed by atoms with E-state index in [1.807, 2.05) is 13.8 Å². The van der Waals surface area contributed by atoms with E-state index in [2.05, 4.69) is 20.9 Å². The van der Waals surface area contributed by atoms with Crippen molar-refractivity contribution in [3.8, 4) is 0 Å². The second-order valence-corrected chi connectivity index (χ2v) is 3.40. The smallest absolute Gasteiger partial charge is 0.239 e. The molecule has 0 aliphatic heterocycles. The first-order valence-corrected chi connectivity index (χ1v) is 6.03. The maximum Gasteiger partial charge on any atom is 0.239 e. The zero-order valence-corrected chi connectivity index (χ0v) is 13.7. The summed E-state index contributed by atoms with van der Waals surface area (Å²) in [6, 6.07) is 0. The second kappa shape index (κ2) is 14.5. The summed E-state index contributed by atoms with van der Waals surface area (Å²) < 4.78 is 5.18. The van der Waals surface area contributed by atoms with Crippen LogP contribution in [0.3, 0.4) is 0 Å². The van der Waals surface area contributed by atoms with Gasteiger partial charge in [0.05, 0.1) is 13.2 Å². The van der Waals surface area contributed by atoms with Crippen molar-refractivity contribution < 1.29 is 9.53 Å². The Labute approximate surface area is 126 Å². The molecular weight excluding hydrogens is 347 g/mol. The molecule has 0 aliphatic rings. The van der Waals surface area contributed by atoms with Gasteiger partial charge >= 0.3 is 0 Å². The summed E-state index contributed by atoms with van der Waals surface area (Å²) >= 11 is 0. The molecule has 0 heterocycles. The Morgan fingerprint density at radius 3 is 2.44 bits per heavy atom. The van der Waals surface area contributed by atoms with Crippen LogP contribution in [-0.4, -0.2) is 51.8 Å². The lowest BCUT2D eigenvalue weighted by Gasteiger charge is -2.11. The van der Waals surface area contributed by atoms with Crippen LogP contribution >= 0.6 is 24.0 Å². The van der Waals surface area contributed by atoms with Crippen LogP contribution in [0.25, 0.3) is 0 Å². The second-order valence-electron chi connectivity index (χ2n) is 3.40. The highest BCUT2D eigenvalue weighted by atomic mass is 127. The first-order chi connectivity index (χ1) is 8.24. The average Bonchev–Trinajstić information content (AvgIpc) is 2.35. The van der Waals surface area contributed by atoms with Crippen molar-refractivity contribution >= 4 is 35.8 Å². The fraction of sp³-hybridized carbons (Fsp3) is 0.818. The average molecular weight is 372 g/mol. The molecule has 7 heteroatoms. The maximum atomic E-state index is 11.3. The van der Waals surface area contributed by atoms with Gasteiger partial charge in [-0.05, 0) is 13.3 Å². The van der Waals surface area contributed by atoms with Crippen LogP contribution in [0.15, 0.2) is 4.99 Å². The fourth-order valence-electron chi connectivity index (χ4n) is 1.10. The van der Waals surface area contributed by atoms with Gasteiger partial charge in [-0.1, -0.05) is 6.92 Å². The number of carbonyl (C=O) groups excluding carboxylic acids is 1. The molecule has 3 N–H and O–H groups in total. The number of guanidine groups is 1. The summed E-state index contributed by atoms with van der Waals surface area (Å²) in [7, 11) is 1.67. The minimum atomic E-state index is -0.0281. The van der Waals surface area contributed by atoms with Gasteiger partial charge in [-0.2, -0.15) is 0 Å². The molecule has 0 fully saturated rings. The molecule has 108 valence electrons. The third kappa shape index (κ3) is 11.9. The first-order valence-electron chi connectivity index (χ1n) is 6.03. The molecule has 0 aliphatic carbocycles. The number of ether oxygens (including phenoxy) is 1. The highest BCUT2D eigenvalue weighted by molar-refractivity contribution is 14.0. The summed E-state index contributed by atoms with van der Waals surface area (Å²) in [5.41, 5.74) is 0. The Morgan fingerprint density at radius 1 is 1.17 bits per heavy atom. The number of amides is 1. The topological polar surface area (TPSA) is 74.8 Å². The van der Waals surface area contributed by atoms with Gasteiger partial charge in [-0.15, -0.1) is 24.0 Å². The van der Waals surface area contributed by atoms with E-state index in [0.717, 1.165) is 6.42 Å². The molecule has 0 atom stereocenters. The Morgan fingerprint density at radius 2 is 1.89 bits per heavy atom.